The Labute approximate surface area is 205 Å². The Kier molecular flexibility index (Phi) is 13.6. The molecule has 0 aromatic heterocycles. The second kappa shape index (κ2) is 15.9. The van der Waals surface area contributed by atoms with Gasteiger partial charge in [-0.1, -0.05) is 123 Å². The molecular formula is C25H27Cl3NbOP. The molecule has 1 nitrogen and oxygen atoms in total. The molecular weight excluding hydrogens is 547 g/mol. The summed E-state index contributed by atoms with van der Waals surface area (Å²) < 4.78 is 0. The van der Waals surface area contributed by atoms with E-state index in [0.29, 0.717) is 5.76 Å². The van der Waals surface area contributed by atoms with Crippen molar-refractivity contribution in [3.8, 4) is 0 Å². The average Bonchev–Trinajstić information content (AvgIpc) is 3.39. The van der Waals surface area contributed by atoms with E-state index in [4.69, 9.17) is 27.6 Å². The van der Waals surface area contributed by atoms with E-state index in [-0.39, 0.29) is 0 Å². The van der Waals surface area contributed by atoms with Crippen molar-refractivity contribution in [2.75, 3.05) is 0 Å². The maximum atomic E-state index is 10.5. The van der Waals surface area contributed by atoms with Gasteiger partial charge in [-0.3, -0.25) is 0 Å². The molecule has 4 rings (SSSR count). The molecule has 1 aliphatic rings. The van der Waals surface area contributed by atoms with Gasteiger partial charge in [0.1, 0.15) is 5.76 Å². The van der Waals surface area contributed by atoms with Gasteiger partial charge < -0.3 is 5.11 Å². The molecule has 3 aromatic rings. The van der Waals surface area contributed by atoms with Gasteiger partial charge in [-0.2, -0.15) is 0 Å². The summed E-state index contributed by atoms with van der Waals surface area (Å²) in [4.78, 5) is 0. The molecule has 1 N–H and O–H groups in total. The van der Waals surface area contributed by atoms with Gasteiger partial charge in [-0.05, 0) is 24.3 Å². The van der Waals surface area contributed by atoms with Crippen LogP contribution in [-0.4, -0.2) is 5.11 Å². The quantitative estimate of drug-likeness (QED) is 0.188. The van der Waals surface area contributed by atoms with Gasteiger partial charge in [-0.15, -0.1) is 0 Å². The average molecular weight is 574 g/mol. The maximum absolute atomic E-state index is 10.5. The number of aliphatic hydroxyl groups excluding tert-OH is 1. The number of aliphatic hydroxyl groups is 1. The second-order valence-corrected chi connectivity index (χ2v) is 18.9. The molecule has 0 radical (unpaired) electrons. The molecule has 0 amide bonds. The normalized spacial score (nSPS) is 13.3. The number of rotatable bonds is 4. The summed E-state index contributed by atoms with van der Waals surface area (Å²) in [6.07, 6.45) is 7.50. The Hall–Kier alpha value is -0.760. The van der Waals surface area contributed by atoms with E-state index < -0.39 is 23.1 Å². The van der Waals surface area contributed by atoms with Gasteiger partial charge in [0.25, 0.3) is 0 Å². The molecule has 0 aliphatic heterocycles. The monoisotopic (exact) mass is 572 g/mol. The van der Waals surface area contributed by atoms with E-state index in [0.717, 1.165) is 5.56 Å². The number of halogens is 3. The first-order valence-electron chi connectivity index (χ1n) is 10.2. The van der Waals surface area contributed by atoms with Gasteiger partial charge in [0.15, 0.2) is 0 Å². The fourth-order valence-corrected chi connectivity index (χ4v) is 5.14. The fourth-order valence-electron chi connectivity index (χ4n) is 3.16. The first-order valence-corrected chi connectivity index (χ1v) is 20.1. The molecule has 0 saturated heterocycles. The van der Waals surface area contributed by atoms with Crippen molar-refractivity contribution < 1.29 is 20.3 Å². The molecule has 0 unspecified atom stereocenters. The summed E-state index contributed by atoms with van der Waals surface area (Å²) in [5.41, 5.74) is 0.849. The summed E-state index contributed by atoms with van der Waals surface area (Å²) in [7, 11) is 14.2. The van der Waals surface area contributed by atoms with Crippen LogP contribution in [0.2, 0.25) is 0 Å². The molecule has 0 bridgehead atoms. The third kappa shape index (κ3) is 11.1. The van der Waals surface area contributed by atoms with E-state index in [2.05, 4.69) is 24.3 Å². The zero-order valence-corrected chi connectivity index (χ0v) is 22.6. The fraction of sp³-hybridized carbons (Fsp3) is 0.200. The summed E-state index contributed by atoms with van der Waals surface area (Å²) in [6, 6.07) is 30.4. The number of hydrogen-bond donors (Lipinski definition) is 1. The molecule has 6 heteroatoms. The third-order valence-corrected chi connectivity index (χ3v) is 6.85. The summed E-state index contributed by atoms with van der Waals surface area (Å²) in [6.45, 7) is 0. The van der Waals surface area contributed by atoms with Gasteiger partial charge in [-0.25, -0.2) is 0 Å². The van der Waals surface area contributed by atoms with Crippen LogP contribution in [0.5, 0.6) is 0 Å². The predicted octanol–water partition coefficient (Wildman–Crippen LogP) is 8.69. The van der Waals surface area contributed by atoms with Crippen LogP contribution in [0.3, 0.4) is 0 Å². The number of hydrogen-bond acceptors (Lipinski definition) is 1. The van der Waals surface area contributed by atoms with Crippen LogP contribution in [0.25, 0.3) is 5.76 Å². The molecule has 0 heterocycles. The zero-order valence-electron chi connectivity index (χ0n) is 17.2. The van der Waals surface area contributed by atoms with Crippen molar-refractivity contribution in [1.82, 2.24) is 0 Å². The van der Waals surface area contributed by atoms with Crippen LogP contribution in [-0.2, 0) is 15.2 Å². The van der Waals surface area contributed by atoms with Crippen molar-refractivity contribution in [3.05, 3.63) is 102 Å². The van der Waals surface area contributed by atoms with Crippen molar-refractivity contribution in [1.29, 1.82) is 0 Å². The molecule has 1 fully saturated rings. The SMILES string of the molecule is C1CCCC1.O/C(=C\P(c1ccccc1)c1ccccc1)c1ccccc1.[Cl][Nb]([Cl])[Cl]. The van der Waals surface area contributed by atoms with Crippen LogP contribution in [0.1, 0.15) is 37.7 Å². The van der Waals surface area contributed by atoms with E-state index in [9.17, 15) is 5.11 Å². The van der Waals surface area contributed by atoms with Gasteiger partial charge in [0, 0.05) is 5.56 Å². The zero-order chi connectivity index (χ0) is 22.3. The predicted molar refractivity (Wildman–Crippen MR) is 137 cm³/mol. The van der Waals surface area contributed by atoms with Crippen LogP contribution in [0.4, 0.5) is 0 Å². The summed E-state index contributed by atoms with van der Waals surface area (Å²) >= 11 is -2.03. The van der Waals surface area contributed by atoms with Crippen molar-refractivity contribution in [2.24, 2.45) is 0 Å². The topological polar surface area (TPSA) is 20.2 Å². The van der Waals surface area contributed by atoms with Crippen LogP contribution in [0.15, 0.2) is 96.8 Å². The van der Waals surface area contributed by atoms with Crippen LogP contribution >= 0.6 is 35.5 Å². The first-order chi connectivity index (χ1) is 15.1. The molecule has 1 aliphatic carbocycles. The van der Waals surface area contributed by atoms with Crippen LogP contribution < -0.4 is 10.6 Å². The van der Waals surface area contributed by atoms with E-state index in [1.807, 2.05) is 72.5 Å². The molecule has 0 spiro atoms. The van der Waals surface area contributed by atoms with E-state index >= 15 is 0 Å². The molecule has 1 saturated carbocycles. The van der Waals surface area contributed by atoms with E-state index in [1.54, 1.807) is 0 Å². The molecule has 3 aromatic carbocycles. The molecule has 0 atom stereocenters. The Morgan fingerprint density at radius 3 is 1.32 bits per heavy atom. The molecule has 164 valence electrons. The Morgan fingerprint density at radius 1 is 0.645 bits per heavy atom. The Bertz CT molecular complexity index is 823. The Morgan fingerprint density at radius 2 is 0.968 bits per heavy atom. The van der Waals surface area contributed by atoms with Gasteiger partial charge in [0.05, 0.1) is 0 Å². The Balaban J connectivity index is 0.000000317. The number of benzene rings is 3. The minimum absolute atomic E-state index is 0.333. The van der Waals surface area contributed by atoms with Crippen molar-refractivity contribution in [3.63, 3.8) is 0 Å². The van der Waals surface area contributed by atoms with Gasteiger partial charge in [0.2, 0.25) is 0 Å². The van der Waals surface area contributed by atoms with Crippen molar-refractivity contribution in [2.45, 2.75) is 32.1 Å². The first kappa shape index (κ1) is 26.5. The third-order valence-electron chi connectivity index (χ3n) is 4.64. The van der Waals surface area contributed by atoms with Crippen LogP contribution in [0, 0.1) is 0 Å². The second-order valence-electron chi connectivity index (χ2n) is 6.88. The minimum atomic E-state index is -2.03. The van der Waals surface area contributed by atoms with Crippen molar-refractivity contribution >= 4 is 51.9 Å². The van der Waals surface area contributed by atoms with Gasteiger partial charge >= 0.3 is 42.8 Å². The van der Waals surface area contributed by atoms with E-state index in [1.165, 1.54) is 42.7 Å². The molecule has 31 heavy (non-hydrogen) atoms. The summed E-state index contributed by atoms with van der Waals surface area (Å²) in [5, 5.41) is 12.9. The standard InChI is InChI=1S/C20H17OP.C5H10.3ClH.Nb/c21-20(17-10-4-1-5-11-17)16-22(18-12-6-2-7-13-18)19-14-8-3-9-15-19;1-2-4-5-3-1;;;;/h1-16,21H;1-5H2;3*1H;/q;;;;;+3/p-3/b20-16-;;;;;. The summed E-state index contributed by atoms with van der Waals surface area (Å²) in [5.74, 6) is 2.31.